The first-order valence-corrected chi connectivity index (χ1v) is 7.26. The van der Waals surface area contributed by atoms with Gasteiger partial charge in [-0.25, -0.2) is 0 Å². The summed E-state index contributed by atoms with van der Waals surface area (Å²) < 4.78 is 1.04. The molecule has 2 atom stereocenters. The minimum Gasteiger partial charge on any atom is -0.397 e. The molecule has 1 aliphatic rings. The predicted octanol–water partition coefficient (Wildman–Crippen LogP) is 4.41. The Morgan fingerprint density at radius 3 is 2.82 bits per heavy atom. The molecule has 94 valence electrons. The number of rotatable bonds is 2. The molecule has 1 fully saturated rings. The van der Waals surface area contributed by atoms with E-state index in [9.17, 15) is 0 Å². The van der Waals surface area contributed by atoms with Gasteiger partial charge in [-0.2, -0.15) is 0 Å². The summed E-state index contributed by atoms with van der Waals surface area (Å²) in [6, 6.07) is 6.65. The first-order valence-electron chi connectivity index (χ1n) is 6.46. The Morgan fingerprint density at radius 1 is 1.24 bits per heavy atom. The smallest absolute Gasteiger partial charge is 0.0576 e. The van der Waals surface area contributed by atoms with E-state index in [4.69, 9.17) is 5.73 Å². The van der Waals surface area contributed by atoms with Crippen molar-refractivity contribution in [2.45, 2.75) is 45.1 Å². The fourth-order valence-electron chi connectivity index (χ4n) is 2.52. The molecular formula is C14H21BrN2. The van der Waals surface area contributed by atoms with E-state index in [0.29, 0.717) is 6.04 Å². The van der Waals surface area contributed by atoms with Gasteiger partial charge >= 0.3 is 0 Å². The van der Waals surface area contributed by atoms with Gasteiger partial charge in [0, 0.05) is 10.5 Å². The van der Waals surface area contributed by atoms with Crippen molar-refractivity contribution in [2.75, 3.05) is 11.1 Å². The van der Waals surface area contributed by atoms with Crippen molar-refractivity contribution in [1.82, 2.24) is 0 Å². The van der Waals surface area contributed by atoms with Crippen molar-refractivity contribution in [3.05, 3.63) is 22.7 Å². The molecule has 0 amide bonds. The molecule has 1 aliphatic carbocycles. The minimum atomic E-state index is 0.587. The van der Waals surface area contributed by atoms with Crippen LogP contribution in [0.4, 0.5) is 11.4 Å². The van der Waals surface area contributed by atoms with Gasteiger partial charge in [0.2, 0.25) is 0 Å². The van der Waals surface area contributed by atoms with Crippen LogP contribution in [-0.4, -0.2) is 6.04 Å². The van der Waals surface area contributed by atoms with Crippen molar-refractivity contribution < 1.29 is 0 Å². The van der Waals surface area contributed by atoms with Crippen molar-refractivity contribution in [1.29, 1.82) is 0 Å². The quantitative estimate of drug-likeness (QED) is 0.626. The maximum absolute atomic E-state index is 6.01. The largest absolute Gasteiger partial charge is 0.397 e. The molecule has 0 aliphatic heterocycles. The molecule has 1 saturated carbocycles. The van der Waals surface area contributed by atoms with Gasteiger partial charge in [-0.15, -0.1) is 0 Å². The first-order chi connectivity index (χ1) is 8.15. The second-order valence-electron chi connectivity index (χ2n) is 5.19. The lowest BCUT2D eigenvalue weighted by atomic mass is 10.0. The zero-order chi connectivity index (χ0) is 12.3. The molecule has 0 radical (unpaired) electrons. The van der Waals surface area contributed by atoms with Gasteiger partial charge in [-0.1, -0.05) is 35.7 Å². The van der Waals surface area contributed by atoms with Gasteiger partial charge in [0.05, 0.1) is 11.4 Å². The average Bonchev–Trinajstić information content (AvgIpc) is 2.48. The molecule has 2 unspecified atom stereocenters. The molecule has 0 saturated heterocycles. The summed E-state index contributed by atoms with van der Waals surface area (Å²) in [5.74, 6) is 0.879. The highest BCUT2D eigenvalue weighted by Gasteiger charge is 2.16. The number of hydrogen-bond donors (Lipinski definition) is 2. The Kier molecular flexibility index (Phi) is 4.32. The molecular weight excluding hydrogens is 276 g/mol. The van der Waals surface area contributed by atoms with Gasteiger partial charge in [0.1, 0.15) is 0 Å². The fourth-order valence-corrected chi connectivity index (χ4v) is 2.90. The molecule has 3 N–H and O–H groups in total. The number of anilines is 2. The van der Waals surface area contributed by atoms with Crippen molar-refractivity contribution in [2.24, 2.45) is 5.92 Å². The molecule has 17 heavy (non-hydrogen) atoms. The van der Waals surface area contributed by atoms with E-state index in [1.54, 1.807) is 0 Å². The number of hydrogen-bond acceptors (Lipinski definition) is 2. The fraction of sp³-hybridized carbons (Fsp3) is 0.571. The maximum atomic E-state index is 6.01. The second kappa shape index (κ2) is 5.76. The third-order valence-corrected chi connectivity index (χ3v) is 4.12. The maximum Gasteiger partial charge on any atom is 0.0576 e. The normalized spacial score (nSPS) is 25.3. The Balaban J connectivity index is 2.00. The average molecular weight is 297 g/mol. The van der Waals surface area contributed by atoms with E-state index in [1.807, 2.05) is 12.1 Å². The summed E-state index contributed by atoms with van der Waals surface area (Å²) in [5, 5.41) is 3.59. The number of benzene rings is 1. The molecule has 0 bridgehead atoms. The molecule has 3 heteroatoms. The van der Waals surface area contributed by atoms with Gasteiger partial charge in [0.25, 0.3) is 0 Å². The van der Waals surface area contributed by atoms with Crippen LogP contribution in [-0.2, 0) is 0 Å². The van der Waals surface area contributed by atoms with Gasteiger partial charge in [-0.3, -0.25) is 0 Å². The van der Waals surface area contributed by atoms with E-state index >= 15 is 0 Å². The molecule has 2 nitrogen and oxygen atoms in total. The number of halogens is 1. The zero-order valence-electron chi connectivity index (χ0n) is 10.4. The SMILES string of the molecule is CC1CCCC(Nc2ccc(Br)cc2N)CC1. The van der Waals surface area contributed by atoms with Crippen LogP contribution < -0.4 is 11.1 Å². The molecule has 0 heterocycles. The van der Waals surface area contributed by atoms with E-state index in [1.165, 1.54) is 32.1 Å². The van der Waals surface area contributed by atoms with Crippen LogP contribution in [0.5, 0.6) is 0 Å². The van der Waals surface area contributed by atoms with Gasteiger partial charge < -0.3 is 11.1 Å². The Labute approximate surface area is 112 Å². The van der Waals surface area contributed by atoms with Crippen LogP contribution in [0.2, 0.25) is 0 Å². The first kappa shape index (κ1) is 12.7. The van der Waals surface area contributed by atoms with Crippen LogP contribution in [0.15, 0.2) is 22.7 Å². The van der Waals surface area contributed by atoms with Crippen molar-refractivity contribution in [3.8, 4) is 0 Å². The van der Waals surface area contributed by atoms with Crippen LogP contribution in [0.25, 0.3) is 0 Å². The monoisotopic (exact) mass is 296 g/mol. The molecule has 0 spiro atoms. The van der Waals surface area contributed by atoms with E-state index < -0.39 is 0 Å². The second-order valence-corrected chi connectivity index (χ2v) is 6.10. The number of nitrogens with two attached hydrogens (primary N) is 1. The van der Waals surface area contributed by atoms with Gasteiger partial charge in [0.15, 0.2) is 0 Å². The van der Waals surface area contributed by atoms with Crippen molar-refractivity contribution in [3.63, 3.8) is 0 Å². The molecule has 2 rings (SSSR count). The highest BCUT2D eigenvalue weighted by Crippen LogP contribution is 2.28. The number of nitrogens with one attached hydrogen (secondary N) is 1. The van der Waals surface area contributed by atoms with E-state index in [0.717, 1.165) is 21.8 Å². The third-order valence-electron chi connectivity index (χ3n) is 3.63. The van der Waals surface area contributed by atoms with Crippen LogP contribution in [0.1, 0.15) is 39.0 Å². The summed E-state index contributed by atoms with van der Waals surface area (Å²) in [4.78, 5) is 0. The van der Waals surface area contributed by atoms with Gasteiger partial charge in [-0.05, 0) is 43.4 Å². The zero-order valence-corrected chi connectivity index (χ0v) is 12.0. The molecule has 1 aromatic rings. The summed E-state index contributed by atoms with van der Waals surface area (Å²) in [5.41, 5.74) is 7.92. The highest BCUT2D eigenvalue weighted by atomic mass is 79.9. The summed E-state index contributed by atoms with van der Waals surface area (Å²) in [6.45, 7) is 2.36. The Morgan fingerprint density at radius 2 is 2.06 bits per heavy atom. The summed E-state index contributed by atoms with van der Waals surface area (Å²) in [6.07, 6.45) is 6.55. The van der Waals surface area contributed by atoms with Crippen molar-refractivity contribution >= 4 is 27.3 Å². The van der Waals surface area contributed by atoms with Crippen LogP contribution in [0, 0.1) is 5.92 Å². The third kappa shape index (κ3) is 3.63. The van der Waals surface area contributed by atoms with E-state index in [2.05, 4.69) is 34.2 Å². The number of nitrogen functional groups attached to an aromatic ring is 1. The molecule has 1 aromatic carbocycles. The Hall–Kier alpha value is -0.700. The van der Waals surface area contributed by atoms with E-state index in [-0.39, 0.29) is 0 Å². The summed E-state index contributed by atoms with van der Waals surface area (Å²) in [7, 11) is 0. The Bertz CT molecular complexity index is 378. The van der Waals surface area contributed by atoms with Crippen LogP contribution in [0.3, 0.4) is 0 Å². The standard InChI is InChI=1S/C14H21BrN2/c1-10-3-2-4-12(7-5-10)17-14-8-6-11(15)9-13(14)16/h6,8-10,12,17H,2-5,7,16H2,1H3. The lowest BCUT2D eigenvalue weighted by molar-refractivity contribution is 0.502. The highest BCUT2D eigenvalue weighted by molar-refractivity contribution is 9.10. The van der Waals surface area contributed by atoms with Crippen LogP contribution >= 0.6 is 15.9 Å². The summed E-state index contributed by atoms with van der Waals surface area (Å²) >= 11 is 3.43. The lowest BCUT2D eigenvalue weighted by Crippen LogP contribution is -2.19. The predicted molar refractivity (Wildman–Crippen MR) is 78.2 cm³/mol. The topological polar surface area (TPSA) is 38.0 Å². The molecule has 0 aromatic heterocycles. The lowest BCUT2D eigenvalue weighted by Gasteiger charge is -2.19. The minimum absolute atomic E-state index is 0.587.